The lowest BCUT2D eigenvalue weighted by molar-refractivity contribution is -0.142. The minimum absolute atomic E-state index is 0.0112. The third-order valence-electron chi connectivity index (χ3n) is 2.16. The van der Waals surface area contributed by atoms with Crippen LogP contribution in [0.25, 0.3) is 0 Å². The van der Waals surface area contributed by atoms with Crippen molar-refractivity contribution in [3.63, 3.8) is 0 Å². The normalized spacial score (nSPS) is 11.9. The van der Waals surface area contributed by atoms with Crippen molar-refractivity contribution in [3.8, 4) is 0 Å². The summed E-state index contributed by atoms with van der Waals surface area (Å²) in [6.07, 6.45) is 2.47. The Balaban J connectivity index is 2.69. The number of carbonyl (C=O) groups excluding carboxylic acids is 1. The van der Waals surface area contributed by atoms with Crippen LogP contribution in [0.4, 0.5) is 0 Å². The number of carboxylic acid groups (broad SMARTS) is 1. The first kappa shape index (κ1) is 13.0. The molecule has 0 aliphatic carbocycles. The zero-order valence-corrected chi connectivity index (χ0v) is 9.51. The van der Waals surface area contributed by atoms with Crippen LogP contribution in [0.5, 0.6) is 0 Å². The molecule has 0 aliphatic rings. The smallest absolute Gasteiger partial charge is 0.339 e. The fourth-order valence-electron chi connectivity index (χ4n) is 1.18. The van der Waals surface area contributed by atoms with Gasteiger partial charge < -0.3 is 9.84 Å². The van der Waals surface area contributed by atoms with Crippen LogP contribution in [0.2, 0.25) is 0 Å². The van der Waals surface area contributed by atoms with Crippen LogP contribution in [0.15, 0.2) is 12.5 Å². The number of nitrogens with zero attached hydrogens (tertiary/aromatic N) is 2. The maximum atomic E-state index is 11.1. The summed E-state index contributed by atoms with van der Waals surface area (Å²) in [6.45, 7) is 1.77. The maximum absolute atomic E-state index is 11.1. The molecule has 0 radical (unpaired) electrons. The lowest BCUT2D eigenvalue weighted by Crippen LogP contribution is -2.35. The number of carboxylic acids is 1. The molecular weight excluding hydrogens is 226 g/mol. The van der Waals surface area contributed by atoms with E-state index in [-0.39, 0.29) is 12.1 Å². The summed E-state index contributed by atoms with van der Waals surface area (Å²) < 4.78 is 4.53. The summed E-state index contributed by atoms with van der Waals surface area (Å²) in [5, 5.41) is 11.7. The van der Waals surface area contributed by atoms with Crippen LogP contribution in [0, 0.1) is 0 Å². The van der Waals surface area contributed by atoms with Gasteiger partial charge in [0.15, 0.2) is 0 Å². The fraction of sp³-hybridized carbons (Fsp3) is 0.400. The molecule has 0 aliphatic heterocycles. The molecule has 0 bridgehead atoms. The van der Waals surface area contributed by atoms with Crippen LogP contribution in [-0.4, -0.2) is 40.2 Å². The second kappa shape index (κ2) is 5.90. The van der Waals surface area contributed by atoms with Crippen molar-refractivity contribution in [3.05, 3.63) is 23.8 Å². The first-order valence-electron chi connectivity index (χ1n) is 4.89. The van der Waals surface area contributed by atoms with Crippen LogP contribution in [0.1, 0.15) is 23.0 Å². The minimum Gasteiger partial charge on any atom is -0.478 e. The molecule has 17 heavy (non-hydrogen) atoms. The number of ether oxygens (including phenoxy) is 1. The van der Waals surface area contributed by atoms with Gasteiger partial charge >= 0.3 is 11.9 Å². The number of hydrogen-bond donors (Lipinski definition) is 2. The van der Waals surface area contributed by atoms with Gasteiger partial charge in [0, 0.05) is 12.7 Å². The number of aromatic carboxylic acids is 1. The van der Waals surface area contributed by atoms with Crippen LogP contribution in [-0.2, 0) is 16.1 Å². The zero-order chi connectivity index (χ0) is 12.8. The Labute approximate surface area is 97.8 Å². The van der Waals surface area contributed by atoms with Crippen molar-refractivity contribution in [2.75, 3.05) is 7.11 Å². The Bertz CT molecular complexity index is 422. The third-order valence-corrected chi connectivity index (χ3v) is 2.16. The molecule has 1 rings (SSSR count). The van der Waals surface area contributed by atoms with Gasteiger partial charge in [-0.05, 0) is 6.92 Å². The topological polar surface area (TPSA) is 101 Å². The molecule has 0 fully saturated rings. The summed E-state index contributed by atoms with van der Waals surface area (Å²) in [7, 11) is 1.29. The molecule has 7 nitrogen and oxygen atoms in total. The first-order chi connectivity index (χ1) is 8.06. The Morgan fingerprint density at radius 1 is 1.59 bits per heavy atom. The highest BCUT2D eigenvalue weighted by Crippen LogP contribution is 2.03. The van der Waals surface area contributed by atoms with Gasteiger partial charge in [-0.3, -0.25) is 10.1 Å². The molecule has 0 spiro atoms. The van der Waals surface area contributed by atoms with E-state index in [1.54, 1.807) is 6.92 Å². The maximum Gasteiger partial charge on any atom is 0.339 e. The van der Waals surface area contributed by atoms with Gasteiger partial charge in [-0.15, -0.1) is 0 Å². The van der Waals surface area contributed by atoms with E-state index in [1.807, 2.05) is 0 Å². The fourth-order valence-corrected chi connectivity index (χ4v) is 1.18. The van der Waals surface area contributed by atoms with Gasteiger partial charge in [-0.1, -0.05) is 0 Å². The number of esters is 1. The summed E-state index contributed by atoms with van der Waals surface area (Å²) in [5.74, 6) is -1.52. The van der Waals surface area contributed by atoms with Crippen molar-refractivity contribution >= 4 is 11.9 Å². The lowest BCUT2D eigenvalue weighted by Gasteiger charge is -2.11. The monoisotopic (exact) mass is 239 g/mol. The molecule has 0 aromatic carbocycles. The molecule has 0 saturated heterocycles. The predicted octanol–water partition coefficient (Wildman–Crippen LogP) is -0.174. The average Bonchev–Trinajstić information content (AvgIpc) is 2.35. The van der Waals surface area contributed by atoms with E-state index in [2.05, 4.69) is 20.0 Å². The molecule has 92 valence electrons. The van der Waals surface area contributed by atoms with Crippen LogP contribution < -0.4 is 5.32 Å². The minimum atomic E-state index is -1.10. The molecule has 0 amide bonds. The van der Waals surface area contributed by atoms with E-state index < -0.39 is 18.0 Å². The summed E-state index contributed by atoms with van der Waals surface area (Å²) >= 11 is 0. The van der Waals surface area contributed by atoms with E-state index in [0.29, 0.717) is 5.69 Å². The number of aromatic nitrogens is 2. The molecule has 0 saturated carbocycles. The Morgan fingerprint density at radius 2 is 2.29 bits per heavy atom. The van der Waals surface area contributed by atoms with E-state index in [9.17, 15) is 9.59 Å². The summed E-state index contributed by atoms with van der Waals surface area (Å²) in [6, 6.07) is -0.531. The van der Waals surface area contributed by atoms with Crippen molar-refractivity contribution in [2.24, 2.45) is 0 Å². The zero-order valence-electron chi connectivity index (χ0n) is 9.51. The van der Waals surface area contributed by atoms with E-state index >= 15 is 0 Å². The third kappa shape index (κ3) is 3.49. The quantitative estimate of drug-likeness (QED) is 0.687. The lowest BCUT2D eigenvalue weighted by atomic mass is 10.2. The van der Waals surface area contributed by atoms with E-state index in [1.165, 1.54) is 19.6 Å². The highest BCUT2D eigenvalue weighted by molar-refractivity contribution is 5.88. The Kier molecular flexibility index (Phi) is 4.53. The van der Waals surface area contributed by atoms with Gasteiger partial charge in [0.25, 0.3) is 0 Å². The second-order valence-corrected chi connectivity index (χ2v) is 3.31. The Morgan fingerprint density at radius 3 is 2.88 bits per heavy atom. The number of rotatable bonds is 5. The van der Waals surface area contributed by atoms with Crippen molar-refractivity contribution < 1.29 is 19.4 Å². The number of hydrogen-bond acceptors (Lipinski definition) is 6. The standard InChI is InChI=1S/C10H13N3O4/c1-6(10(16)17-2)12-4-8-7(9(14)15)3-11-5-13-8/h3,5-6,12H,4H2,1-2H3,(H,14,15). The molecule has 1 atom stereocenters. The highest BCUT2D eigenvalue weighted by atomic mass is 16.5. The number of methoxy groups -OCH3 is 1. The molecule has 2 N–H and O–H groups in total. The van der Waals surface area contributed by atoms with Gasteiger partial charge in [-0.25, -0.2) is 14.8 Å². The molecule has 1 aromatic heterocycles. The van der Waals surface area contributed by atoms with Gasteiger partial charge in [0.05, 0.1) is 12.8 Å². The predicted molar refractivity (Wildman–Crippen MR) is 57.3 cm³/mol. The van der Waals surface area contributed by atoms with Crippen LogP contribution >= 0.6 is 0 Å². The summed E-state index contributed by atoms with van der Waals surface area (Å²) in [5.41, 5.74) is 0.334. The van der Waals surface area contributed by atoms with Crippen LogP contribution in [0.3, 0.4) is 0 Å². The number of carbonyl (C=O) groups is 2. The van der Waals surface area contributed by atoms with Gasteiger partial charge in [0.1, 0.15) is 17.9 Å². The van der Waals surface area contributed by atoms with Gasteiger partial charge in [-0.2, -0.15) is 0 Å². The van der Waals surface area contributed by atoms with E-state index in [4.69, 9.17) is 5.11 Å². The SMILES string of the molecule is COC(=O)C(C)NCc1ncncc1C(=O)O. The largest absolute Gasteiger partial charge is 0.478 e. The molecule has 1 aromatic rings. The second-order valence-electron chi connectivity index (χ2n) is 3.31. The molecule has 1 heterocycles. The van der Waals surface area contributed by atoms with Crippen molar-refractivity contribution in [2.45, 2.75) is 19.5 Å². The Hall–Kier alpha value is -2.02. The molecule has 1 unspecified atom stereocenters. The highest BCUT2D eigenvalue weighted by Gasteiger charge is 2.15. The van der Waals surface area contributed by atoms with Gasteiger partial charge in [0.2, 0.25) is 0 Å². The van der Waals surface area contributed by atoms with Crippen molar-refractivity contribution in [1.29, 1.82) is 0 Å². The molecular formula is C10H13N3O4. The van der Waals surface area contributed by atoms with Crippen molar-refractivity contribution in [1.82, 2.24) is 15.3 Å². The summed E-state index contributed by atoms with van der Waals surface area (Å²) in [4.78, 5) is 29.5. The average molecular weight is 239 g/mol. The number of nitrogens with one attached hydrogen (secondary N) is 1. The van der Waals surface area contributed by atoms with E-state index in [0.717, 1.165) is 0 Å². The molecule has 7 heteroatoms. The first-order valence-corrected chi connectivity index (χ1v) is 4.89.